The maximum absolute atomic E-state index is 12.8. The summed E-state index contributed by atoms with van der Waals surface area (Å²) in [6, 6.07) is 4.20. The van der Waals surface area contributed by atoms with Gasteiger partial charge in [-0.3, -0.25) is 0 Å². The van der Waals surface area contributed by atoms with E-state index < -0.39 is 0 Å². The van der Waals surface area contributed by atoms with Gasteiger partial charge in [-0.25, -0.2) is 4.39 Å². The lowest BCUT2D eigenvalue weighted by molar-refractivity contribution is 0.304. The summed E-state index contributed by atoms with van der Waals surface area (Å²) in [6.07, 6.45) is 4.43. The summed E-state index contributed by atoms with van der Waals surface area (Å²) >= 11 is 5.85. The van der Waals surface area contributed by atoms with Crippen molar-refractivity contribution in [2.75, 3.05) is 19.7 Å². The molecule has 18 heavy (non-hydrogen) atoms. The average molecular weight is 274 g/mol. The van der Waals surface area contributed by atoms with Crippen molar-refractivity contribution < 1.29 is 9.13 Å². The fourth-order valence-electron chi connectivity index (χ4n) is 1.61. The van der Waals surface area contributed by atoms with E-state index in [1.807, 2.05) is 0 Å². The van der Waals surface area contributed by atoms with E-state index in [2.05, 4.69) is 12.2 Å². The molecule has 0 bridgehead atoms. The zero-order chi connectivity index (χ0) is 13.2. The van der Waals surface area contributed by atoms with Crippen LogP contribution in [0.1, 0.15) is 32.6 Å². The van der Waals surface area contributed by atoms with Gasteiger partial charge < -0.3 is 10.1 Å². The number of benzene rings is 1. The van der Waals surface area contributed by atoms with Crippen LogP contribution in [0.15, 0.2) is 18.2 Å². The molecule has 0 saturated heterocycles. The van der Waals surface area contributed by atoms with E-state index in [0.717, 1.165) is 32.4 Å². The lowest BCUT2D eigenvalue weighted by Gasteiger charge is -2.08. The van der Waals surface area contributed by atoms with Crippen LogP contribution in [0.3, 0.4) is 0 Å². The Hall–Kier alpha value is -0.800. The fraction of sp³-hybridized carbons (Fsp3) is 0.571. The molecule has 1 aromatic carbocycles. The number of unbranched alkanes of at least 4 members (excludes halogenated alkanes) is 2. The van der Waals surface area contributed by atoms with E-state index in [1.165, 1.54) is 18.6 Å². The van der Waals surface area contributed by atoms with Crippen molar-refractivity contribution in [2.45, 2.75) is 32.6 Å². The van der Waals surface area contributed by atoms with Crippen LogP contribution in [-0.4, -0.2) is 19.7 Å². The predicted octanol–water partition coefficient (Wildman–Crippen LogP) is 4.03. The van der Waals surface area contributed by atoms with Gasteiger partial charge in [-0.1, -0.05) is 18.5 Å². The quantitative estimate of drug-likeness (QED) is 0.686. The van der Waals surface area contributed by atoms with Gasteiger partial charge in [0.25, 0.3) is 0 Å². The summed E-state index contributed by atoms with van der Waals surface area (Å²) in [5, 5.41) is 3.69. The monoisotopic (exact) mass is 273 g/mol. The van der Waals surface area contributed by atoms with Gasteiger partial charge in [-0.2, -0.15) is 0 Å². The Morgan fingerprint density at radius 3 is 2.78 bits per heavy atom. The summed E-state index contributed by atoms with van der Waals surface area (Å²) in [5.74, 6) is 0.219. The summed E-state index contributed by atoms with van der Waals surface area (Å²) in [7, 11) is 0. The van der Waals surface area contributed by atoms with Gasteiger partial charge >= 0.3 is 0 Å². The lowest BCUT2D eigenvalue weighted by atomic mass is 10.2. The van der Waals surface area contributed by atoms with Gasteiger partial charge in [-0.05, 0) is 57.0 Å². The summed E-state index contributed by atoms with van der Waals surface area (Å²) in [4.78, 5) is 0. The number of nitrogens with one attached hydrogen (secondary N) is 1. The van der Waals surface area contributed by atoms with E-state index in [4.69, 9.17) is 16.3 Å². The van der Waals surface area contributed by atoms with Crippen LogP contribution >= 0.6 is 11.6 Å². The molecular weight excluding hydrogens is 253 g/mol. The van der Waals surface area contributed by atoms with Crippen LogP contribution in [0.4, 0.5) is 4.39 Å². The van der Waals surface area contributed by atoms with Gasteiger partial charge in [-0.15, -0.1) is 0 Å². The summed E-state index contributed by atoms with van der Waals surface area (Å²) < 4.78 is 18.3. The van der Waals surface area contributed by atoms with Crippen LogP contribution < -0.4 is 10.1 Å². The smallest absolute Gasteiger partial charge is 0.138 e. The van der Waals surface area contributed by atoms with Crippen molar-refractivity contribution in [1.29, 1.82) is 0 Å². The fourth-order valence-corrected chi connectivity index (χ4v) is 1.83. The second kappa shape index (κ2) is 9.17. The van der Waals surface area contributed by atoms with E-state index >= 15 is 0 Å². The van der Waals surface area contributed by atoms with Crippen LogP contribution in [0.25, 0.3) is 0 Å². The molecule has 0 radical (unpaired) electrons. The molecule has 1 rings (SSSR count). The minimum atomic E-state index is -0.339. The molecule has 0 aliphatic carbocycles. The first kappa shape index (κ1) is 15.3. The topological polar surface area (TPSA) is 21.3 Å². The molecule has 2 nitrogen and oxygen atoms in total. The molecule has 1 N–H and O–H groups in total. The van der Waals surface area contributed by atoms with Gasteiger partial charge in [0.05, 0.1) is 11.6 Å². The number of hydrogen-bond donors (Lipinski definition) is 1. The molecule has 0 saturated carbocycles. The number of halogens is 2. The van der Waals surface area contributed by atoms with E-state index in [0.29, 0.717) is 17.4 Å². The highest BCUT2D eigenvalue weighted by Crippen LogP contribution is 2.24. The summed E-state index contributed by atoms with van der Waals surface area (Å²) in [5.41, 5.74) is 0. The molecule has 0 aromatic heterocycles. The van der Waals surface area contributed by atoms with Crippen LogP contribution in [-0.2, 0) is 0 Å². The van der Waals surface area contributed by atoms with Crippen molar-refractivity contribution in [3.05, 3.63) is 29.0 Å². The molecule has 0 heterocycles. The molecule has 1 aromatic rings. The van der Waals surface area contributed by atoms with E-state index in [9.17, 15) is 4.39 Å². The number of rotatable bonds is 9. The van der Waals surface area contributed by atoms with Gasteiger partial charge in [0.2, 0.25) is 0 Å². The molecule has 0 fully saturated rings. The van der Waals surface area contributed by atoms with Crippen LogP contribution in [0, 0.1) is 5.82 Å². The van der Waals surface area contributed by atoms with Gasteiger partial charge in [0, 0.05) is 0 Å². The Balaban J connectivity index is 2.07. The Labute approximate surface area is 113 Å². The Morgan fingerprint density at radius 2 is 2.06 bits per heavy atom. The molecule has 0 amide bonds. The van der Waals surface area contributed by atoms with E-state index in [1.54, 1.807) is 6.07 Å². The Morgan fingerprint density at radius 1 is 1.22 bits per heavy atom. The van der Waals surface area contributed by atoms with Crippen molar-refractivity contribution in [3.63, 3.8) is 0 Å². The standard InChI is InChI=1S/C14H21ClFNO/c1-2-8-17-9-4-3-5-10-18-14-7-6-12(16)11-13(14)15/h6-7,11,17H,2-5,8-10H2,1H3. The third-order valence-corrected chi connectivity index (χ3v) is 2.87. The first-order valence-corrected chi connectivity index (χ1v) is 6.90. The molecule has 4 heteroatoms. The highest BCUT2D eigenvalue weighted by molar-refractivity contribution is 6.32. The maximum atomic E-state index is 12.8. The first-order valence-electron chi connectivity index (χ1n) is 6.52. The lowest BCUT2D eigenvalue weighted by Crippen LogP contribution is -2.15. The number of hydrogen-bond acceptors (Lipinski definition) is 2. The van der Waals surface area contributed by atoms with Crippen molar-refractivity contribution in [2.24, 2.45) is 0 Å². The molecular formula is C14H21ClFNO. The molecule has 102 valence electrons. The third-order valence-electron chi connectivity index (χ3n) is 2.58. The van der Waals surface area contributed by atoms with Crippen molar-refractivity contribution in [1.82, 2.24) is 5.32 Å². The van der Waals surface area contributed by atoms with Crippen molar-refractivity contribution in [3.8, 4) is 5.75 Å². The summed E-state index contributed by atoms with van der Waals surface area (Å²) in [6.45, 7) is 4.93. The Bertz CT molecular complexity index is 347. The third kappa shape index (κ3) is 6.22. The molecule has 0 aliphatic rings. The second-order valence-electron chi connectivity index (χ2n) is 4.23. The van der Waals surface area contributed by atoms with Crippen LogP contribution in [0.2, 0.25) is 5.02 Å². The van der Waals surface area contributed by atoms with Gasteiger partial charge in [0.1, 0.15) is 11.6 Å². The highest BCUT2D eigenvalue weighted by Gasteiger charge is 2.02. The number of ether oxygens (including phenoxy) is 1. The molecule has 0 atom stereocenters. The predicted molar refractivity (Wildman–Crippen MR) is 73.9 cm³/mol. The minimum Gasteiger partial charge on any atom is -0.492 e. The van der Waals surface area contributed by atoms with E-state index in [-0.39, 0.29) is 5.82 Å². The minimum absolute atomic E-state index is 0.333. The average Bonchev–Trinajstić information content (AvgIpc) is 2.35. The molecule has 0 unspecified atom stereocenters. The molecule has 0 spiro atoms. The Kier molecular flexibility index (Phi) is 7.78. The SMILES string of the molecule is CCCNCCCCCOc1ccc(F)cc1Cl. The highest BCUT2D eigenvalue weighted by atomic mass is 35.5. The van der Waals surface area contributed by atoms with Crippen molar-refractivity contribution >= 4 is 11.6 Å². The van der Waals surface area contributed by atoms with Gasteiger partial charge in [0.15, 0.2) is 0 Å². The maximum Gasteiger partial charge on any atom is 0.138 e. The first-order chi connectivity index (χ1) is 8.74. The second-order valence-corrected chi connectivity index (χ2v) is 4.64. The largest absolute Gasteiger partial charge is 0.492 e. The van der Waals surface area contributed by atoms with Crippen LogP contribution in [0.5, 0.6) is 5.75 Å². The molecule has 0 aliphatic heterocycles. The normalized spacial score (nSPS) is 10.6. The zero-order valence-corrected chi connectivity index (χ0v) is 11.6. The zero-order valence-electron chi connectivity index (χ0n) is 10.8.